The van der Waals surface area contributed by atoms with Gasteiger partial charge in [-0.2, -0.15) is 0 Å². The van der Waals surface area contributed by atoms with Crippen LogP contribution >= 0.6 is 11.8 Å². The highest BCUT2D eigenvalue weighted by Gasteiger charge is 2.23. The number of hydrogen-bond donors (Lipinski definition) is 1. The molecule has 0 atom stereocenters. The minimum atomic E-state index is -0.327. The van der Waals surface area contributed by atoms with E-state index in [2.05, 4.69) is 12.1 Å². The summed E-state index contributed by atoms with van der Waals surface area (Å²) in [5, 5.41) is 0. The van der Waals surface area contributed by atoms with Gasteiger partial charge in [0.05, 0.1) is 11.4 Å². The number of rotatable bonds is 2. The van der Waals surface area contributed by atoms with Crippen LogP contribution in [-0.4, -0.2) is 12.5 Å². The van der Waals surface area contributed by atoms with Gasteiger partial charge in [-0.1, -0.05) is 36.0 Å². The monoisotopic (exact) mass is 256 g/mol. The zero-order valence-electron chi connectivity index (χ0n) is 9.67. The molecule has 0 fully saturated rings. The molecule has 0 aromatic heterocycles. The van der Waals surface area contributed by atoms with Crippen molar-refractivity contribution in [3.8, 4) is 0 Å². The van der Waals surface area contributed by atoms with E-state index in [9.17, 15) is 4.79 Å². The SMILES string of the molecule is NC(=O)CN1c2ccccc2Sc2ccccc21. The number of hydrogen-bond acceptors (Lipinski definition) is 3. The second kappa shape index (κ2) is 4.38. The van der Waals surface area contributed by atoms with Crippen molar-refractivity contribution < 1.29 is 4.79 Å². The third-order valence-electron chi connectivity index (χ3n) is 2.85. The fourth-order valence-corrected chi connectivity index (χ4v) is 3.20. The Labute approximate surface area is 110 Å². The highest BCUT2D eigenvalue weighted by atomic mass is 32.2. The van der Waals surface area contributed by atoms with Gasteiger partial charge in [0, 0.05) is 9.79 Å². The number of benzene rings is 2. The predicted octanol–water partition coefficient (Wildman–Crippen LogP) is 2.77. The fourth-order valence-electron chi connectivity index (χ4n) is 2.11. The largest absolute Gasteiger partial charge is 0.368 e. The molecular formula is C14H12N2OS. The van der Waals surface area contributed by atoms with Crippen molar-refractivity contribution in [1.29, 1.82) is 0 Å². The lowest BCUT2D eigenvalue weighted by molar-refractivity contribution is -0.116. The van der Waals surface area contributed by atoms with E-state index in [0.29, 0.717) is 0 Å². The minimum Gasteiger partial charge on any atom is -0.368 e. The molecule has 0 aliphatic carbocycles. The Morgan fingerprint density at radius 3 is 2.00 bits per heavy atom. The quantitative estimate of drug-likeness (QED) is 0.898. The molecule has 1 heterocycles. The lowest BCUT2D eigenvalue weighted by atomic mass is 10.2. The summed E-state index contributed by atoms with van der Waals surface area (Å²) in [5.41, 5.74) is 7.43. The maximum Gasteiger partial charge on any atom is 0.237 e. The van der Waals surface area contributed by atoms with Crippen LogP contribution in [0.25, 0.3) is 0 Å². The van der Waals surface area contributed by atoms with E-state index in [-0.39, 0.29) is 12.5 Å². The van der Waals surface area contributed by atoms with Crippen LogP contribution in [0.3, 0.4) is 0 Å². The number of para-hydroxylation sites is 2. The first-order valence-corrected chi connectivity index (χ1v) is 6.49. The average molecular weight is 256 g/mol. The lowest BCUT2D eigenvalue weighted by Gasteiger charge is -2.31. The molecular weight excluding hydrogens is 244 g/mol. The maximum absolute atomic E-state index is 11.3. The Hall–Kier alpha value is -1.94. The Bertz CT molecular complexity index is 567. The van der Waals surface area contributed by atoms with Crippen molar-refractivity contribution in [3.63, 3.8) is 0 Å². The second-order valence-corrected chi connectivity index (χ2v) is 5.17. The van der Waals surface area contributed by atoms with Crippen molar-refractivity contribution in [2.24, 2.45) is 5.73 Å². The summed E-state index contributed by atoms with van der Waals surface area (Å²) in [6.45, 7) is 0.203. The van der Waals surface area contributed by atoms with E-state index in [1.807, 2.05) is 41.3 Å². The number of carbonyl (C=O) groups excluding carboxylic acids is 1. The van der Waals surface area contributed by atoms with Crippen LogP contribution in [0.15, 0.2) is 58.3 Å². The van der Waals surface area contributed by atoms with E-state index in [1.54, 1.807) is 11.8 Å². The molecule has 90 valence electrons. The fraction of sp³-hybridized carbons (Fsp3) is 0.0714. The summed E-state index contributed by atoms with van der Waals surface area (Å²) < 4.78 is 0. The zero-order chi connectivity index (χ0) is 12.5. The number of primary amides is 1. The summed E-state index contributed by atoms with van der Waals surface area (Å²) in [6.07, 6.45) is 0. The van der Waals surface area contributed by atoms with Gasteiger partial charge in [0.25, 0.3) is 0 Å². The third kappa shape index (κ3) is 1.84. The van der Waals surface area contributed by atoms with Crippen LogP contribution < -0.4 is 10.6 Å². The van der Waals surface area contributed by atoms with Crippen LogP contribution in [0.5, 0.6) is 0 Å². The molecule has 2 aromatic rings. The van der Waals surface area contributed by atoms with E-state index in [1.165, 1.54) is 0 Å². The Balaban J connectivity index is 2.14. The van der Waals surface area contributed by atoms with E-state index >= 15 is 0 Å². The molecule has 3 rings (SSSR count). The molecule has 0 unspecified atom stereocenters. The molecule has 3 nitrogen and oxygen atoms in total. The Morgan fingerprint density at radius 1 is 1.00 bits per heavy atom. The van der Waals surface area contributed by atoms with Gasteiger partial charge in [0.2, 0.25) is 5.91 Å². The summed E-state index contributed by atoms with van der Waals surface area (Å²) in [5.74, 6) is -0.327. The maximum atomic E-state index is 11.3. The number of anilines is 2. The predicted molar refractivity (Wildman–Crippen MR) is 73.2 cm³/mol. The zero-order valence-corrected chi connectivity index (χ0v) is 10.5. The summed E-state index contributed by atoms with van der Waals surface area (Å²) in [6, 6.07) is 16.1. The van der Waals surface area contributed by atoms with Crippen molar-refractivity contribution >= 4 is 29.0 Å². The molecule has 4 heteroatoms. The normalized spacial score (nSPS) is 12.8. The molecule has 0 bridgehead atoms. The molecule has 1 aliphatic rings. The number of fused-ring (bicyclic) bond motifs is 2. The summed E-state index contributed by atoms with van der Waals surface area (Å²) in [7, 11) is 0. The number of carbonyl (C=O) groups is 1. The van der Waals surface area contributed by atoms with Gasteiger partial charge in [-0.3, -0.25) is 4.79 Å². The summed E-state index contributed by atoms with van der Waals surface area (Å²) >= 11 is 1.72. The van der Waals surface area contributed by atoms with Crippen molar-refractivity contribution in [1.82, 2.24) is 0 Å². The van der Waals surface area contributed by atoms with Crippen LogP contribution in [0.1, 0.15) is 0 Å². The van der Waals surface area contributed by atoms with Gasteiger partial charge >= 0.3 is 0 Å². The highest BCUT2D eigenvalue weighted by molar-refractivity contribution is 7.99. The van der Waals surface area contributed by atoms with Crippen molar-refractivity contribution in [3.05, 3.63) is 48.5 Å². The molecule has 2 N–H and O–H groups in total. The first-order valence-electron chi connectivity index (χ1n) is 5.67. The third-order valence-corrected chi connectivity index (χ3v) is 3.98. The van der Waals surface area contributed by atoms with Crippen LogP contribution in [0, 0.1) is 0 Å². The second-order valence-electron chi connectivity index (χ2n) is 4.09. The number of nitrogens with two attached hydrogens (primary N) is 1. The van der Waals surface area contributed by atoms with Crippen molar-refractivity contribution in [2.45, 2.75) is 9.79 Å². The van der Waals surface area contributed by atoms with Gasteiger partial charge in [-0.05, 0) is 24.3 Å². The van der Waals surface area contributed by atoms with Crippen LogP contribution in [0.4, 0.5) is 11.4 Å². The number of amides is 1. The van der Waals surface area contributed by atoms with Gasteiger partial charge < -0.3 is 10.6 Å². The van der Waals surface area contributed by atoms with E-state index in [0.717, 1.165) is 21.2 Å². The minimum absolute atomic E-state index is 0.203. The van der Waals surface area contributed by atoms with Gasteiger partial charge in [-0.25, -0.2) is 0 Å². The highest BCUT2D eigenvalue weighted by Crippen LogP contribution is 2.47. The molecule has 0 saturated heterocycles. The van der Waals surface area contributed by atoms with Gasteiger partial charge in [0.1, 0.15) is 6.54 Å². The molecule has 18 heavy (non-hydrogen) atoms. The first kappa shape index (κ1) is 11.2. The molecule has 1 aliphatic heterocycles. The molecule has 0 radical (unpaired) electrons. The Morgan fingerprint density at radius 2 is 1.50 bits per heavy atom. The number of nitrogens with zero attached hydrogens (tertiary/aromatic N) is 1. The molecule has 0 spiro atoms. The topological polar surface area (TPSA) is 46.3 Å². The average Bonchev–Trinajstić information content (AvgIpc) is 2.38. The first-order chi connectivity index (χ1) is 8.75. The smallest absolute Gasteiger partial charge is 0.237 e. The molecule has 2 aromatic carbocycles. The van der Waals surface area contributed by atoms with Crippen molar-refractivity contribution in [2.75, 3.05) is 11.4 Å². The van der Waals surface area contributed by atoms with Crippen LogP contribution in [0.2, 0.25) is 0 Å². The van der Waals surface area contributed by atoms with Gasteiger partial charge in [0.15, 0.2) is 0 Å². The van der Waals surface area contributed by atoms with Gasteiger partial charge in [-0.15, -0.1) is 0 Å². The molecule has 1 amide bonds. The van der Waals surface area contributed by atoms with E-state index < -0.39 is 0 Å². The lowest BCUT2D eigenvalue weighted by Crippen LogP contribution is -2.31. The van der Waals surface area contributed by atoms with E-state index in [4.69, 9.17) is 5.73 Å². The van der Waals surface area contributed by atoms with Crippen LogP contribution in [-0.2, 0) is 4.79 Å². The standard InChI is InChI=1S/C14H12N2OS/c15-14(17)9-16-10-5-1-3-7-12(10)18-13-8-4-2-6-11(13)16/h1-8H,9H2,(H2,15,17). The Kier molecular flexibility index (Phi) is 2.72. The molecule has 0 saturated carbocycles. The summed E-state index contributed by atoms with van der Waals surface area (Å²) in [4.78, 5) is 15.5.